The Morgan fingerprint density at radius 3 is 2.82 bits per heavy atom. The molecule has 22 heavy (non-hydrogen) atoms. The summed E-state index contributed by atoms with van der Waals surface area (Å²) in [7, 11) is 0. The lowest BCUT2D eigenvalue weighted by atomic mass is 10.1. The van der Waals surface area contributed by atoms with Gasteiger partial charge in [0, 0.05) is 29.3 Å². The van der Waals surface area contributed by atoms with Crippen molar-refractivity contribution in [2.24, 2.45) is 4.99 Å². The molecule has 0 saturated heterocycles. The highest BCUT2D eigenvalue weighted by atomic mass is 32.1. The van der Waals surface area contributed by atoms with Crippen LogP contribution in [0.25, 0.3) is 0 Å². The smallest absolute Gasteiger partial charge is 0.191 e. The summed E-state index contributed by atoms with van der Waals surface area (Å²) in [6.45, 7) is 8.80. The monoisotopic (exact) mass is 336 g/mol. The lowest BCUT2D eigenvalue weighted by Gasteiger charge is -2.14. The maximum absolute atomic E-state index is 4.63. The van der Waals surface area contributed by atoms with Gasteiger partial charge in [0.05, 0.1) is 17.2 Å². The maximum Gasteiger partial charge on any atom is 0.191 e. The van der Waals surface area contributed by atoms with E-state index in [9.17, 15) is 0 Å². The highest BCUT2D eigenvalue weighted by molar-refractivity contribution is 7.10. The molecule has 0 radical (unpaired) electrons. The van der Waals surface area contributed by atoms with Crippen molar-refractivity contribution in [3.63, 3.8) is 0 Å². The molecule has 0 amide bonds. The summed E-state index contributed by atoms with van der Waals surface area (Å²) >= 11 is 3.51. The Morgan fingerprint density at radius 2 is 2.18 bits per heavy atom. The molecule has 2 aromatic heterocycles. The molecule has 2 rings (SSSR count). The third-order valence-corrected chi connectivity index (χ3v) is 5.40. The first-order valence-electron chi connectivity index (χ1n) is 7.71. The van der Waals surface area contributed by atoms with E-state index in [-0.39, 0.29) is 0 Å². The number of hydrogen-bond acceptors (Lipinski definition) is 4. The Morgan fingerprint density at radius 1 is 1.32 bits per heavy atom. The summed E-state index contributed by atoms with van der Waals surface area (Å²) in [5.41, 5.74) is 1.05. The van der Waals surface area contributed by atoms with Gasteiger partial charge >= 0.3 is 0 Å². The Hall–Kier alpha value is -1.40. The van der Waals surface area contributed by atoms with E-state index in [2.05, 4.69) is 64.3 Å². The van der Waals surface area contributed by atoms with E-state index in [0.717, 1.165) is 31.2 Å². The van der Waals surface area contributed by atoms with Crippen LogP contribution < -0.4 is 10.6 Å². The standard InChI is InChI=1S/C16H24N4S2/c1-4-15-20-13(11-22-15)10-19-16(17-5-2)18-9-12(3)14-7-6-8-21-14/h6-8,11-12H,4-5,9-10H2,1-3H3,(H2,17,18,19). The van der Waals surface area contributed by atoms with Crippen LogP contribution in [-0.4, -0.2) is 24.0 Å². The molecule has 1 atom stereocenters. The molecule has 0 fully saturated rings. The van der Waals surface area contributed by atoms with Gasteiger partial charge < -0.3 is 10.6 Å². The zero-order valence-electron chi connectivity index (χ0n) is 13.4. The van der Waals surface area contributed by atoms with Crippen molar-refractivity contribution < 1.29 is 0 Å². The minimum absolute atomic E-state index is 0.481. The van der Waals surface area contributed by atoms with Gasteiger partial charge in [-0.3, -0.25) is 0 Å². The zero-order chi connectivity index (χ0) is 15.8. The average Bonchev–Trinajstić information content (AvgIpc) is 3.20. The molecule has 2 heterocycles. The molecule has 6 heteroatoms. The van der Waals surface area contributed by atoms with Gasteiger partial charge in [0.2, 0.25) is 0 Å². The van der Waals surface area contributed by atoms with E-state index < -0.39 is 0 Å². The average molecular weight is 337 g/mol. The van der Waals surface area contributed by atoms with Crippen LogP contribution in [0.4, 0.5) is 0 Å². The highest BCUT2D eigenvalue weighted by Crippen LogP contribution is 2.19. The minimum Gasteiger partial charge on any atom is -0.357 e. The van der Waals surface area contributed by atoms with Gasteiger partial charge in [0.25, 0.3) is 0 Å². The summed E-state index contributed by atoms with van der Waals surface area (Å²) in [4.78, 5) is 10.6. The van der Waals surface area contributed by atoms with Crippen molar-refractivity contribution in [2.75, 3.05) is 13.1 Å². The second-order valence-electron chi connectivity index (χ2n) is 5.08. The first-order valence-corrected chi connectivity index (χ1v) is 9.47. The highest BCUT2D eigenvalue weighted by Gasteiger charge is 2.07. The first kappa shape index (κ1) is 17.0. The summed E-state index contributed by atoms with van der Waals surface area (Å²) < 4.78 is 0. The van der Waals surface area contributed by atoms with E-state index in [0.29, 0.717) is 12.5 Å². The van der Waals surface area contributed by atoms with E-state index >= 15 is 0 Å². The molecule has 120 valence electrons. The predicted octanol–water partition coefficient (Wildman–Crippen LogP) is 3.63. The summed E-state index contributed by atoms with van der Waals surface area (Å²) in [5.74, 6) is 1.34. The Balaban J connectivity index is 1.89. The molecule has 0 bridgehead atoms. The lowest BCUT2D eigenvalue weighted by Crippen LogP contribution is -2.39. The van der Waals surface area contributed by atoms with Crippen LogP contribution in [0.3, 0.4) is 0 Å². The summed E-state index contributed by atoms with van der Waals surface area (Å²) in [6.07, 6.45) is 0.991. The number of aliphatic imine (C=N–C) groups is 1. The fourth-order valence-electron chi connectivity index (χ4n) is 2.01. The number of aryl methyl sites for hydroxylation is 1. The first-order chi connectivity index (χ1) is 10.7. The maximum atomic E-state index is 4.63. The number of nitrogens with zero attached hydrogens (tertiary/aromatic N) is 2. The van der Waals surface area contributed by atoms with Gasteiger partial charge in [-0.05, 0) is 24.8 Å². The van der Waals surface area contributed by atoms with Crippen LogP contribution in [0, 0.1) is 0 Å². The number of rotatable bonds is 7. The third-order valence-electron chi connectivity index (χ3n) is 3.25. The van der Waals surface area contributed by atoms with Gasteiger partial charge in [-0.1, -0.05) is 19.9 Å². The topological polar surface area (TPSA) is 49.3 Å². The zero-order valence-corrected chi connectivity index (χ0v) is 15.1. The van der Waals surface area contributed by atoms with Gasteiger partial charge in [-0.15, -0.1) is 22.7 Å². The third kappa shape index (κ3) is 5.10. The molecule has 0 aliphatic rings. The van der Waals surface area contributed by atoms with Crippen molar-refractivity contribution in [1.29, 1.82) is 0 Å². The molecule has 0 saturated carbocycles. The molecule has 0 spiro atoms. The second-order valence-corrected chi connectivity index (χ2v) is 7.00. The molecule has 0 aliphatic heterocycles. The lowest BCUT2D eigenvalue weighted by molar-refractivity contribution is 0.708. The quantitative estimate of drug-likeness (QED) is 0.600. The molecular formula is C16H24N4S2. The van der Waals surface area contributed by atoms with E-state index in [1.807, 2.05) is 0 Å². The Bertz CT molecular complexity index is 575. The number of nitrogens with one attached hydrogen (secondary N) is 2. The van der Waals surface area contributed by atoms with E-state index in [4.69, 9.17) is 0 Å². The van der Waals surface area contributed by atoms with Gasteiger partial charge in [0.1, 0.15) is 0 Å². The van der Waals surface area contributed by atoms with E-state index in [1.54, 1.807) is 22.7 Å². The van der Waals surface area contributed by atoms with Crippen molar-refractivity contribution in [1.82, 2.24) is 15.6 Å². The summed E-state index contributed by atoms with van der Waals surface area (Å²) in [5, 5.41) is 12.1. The number of thiophene rings is 1. The second kappa shape index (κ2) is 8.90. The van der Waals surface area contributed by atoms with Crippen LogP contribution in [0.15, 0.2) is 27.9 Å². The van der Waals surface area contributed by atoms with Crippen molar-refractivity contribution in [3.8, 4) is 0 Å². The van der Waals surface area contributed by atoms with Crippen molar-refractivity contribution in [3.05, 3.63) is 38.5 Å². The van der Waals surface area contributed by atoms with E-state index in [1.165, 1.54) is 9.88 Å². The van der Waals surface area contributed by atoms with Gasteiger partial charge in [0.15, 0.2) is 5.96 Å². The molecule has 2 aromatic rings. The van der Waals surface area contributed by atoms with Crippen LogP contribution in [0.1, 0.15) is 42.3 Å². The number of thiazole rings is 1. The van der Waals surface area contributed by atoms with Crippen molar-refractivity contribution >= 4 is 28.6 Å². The Kier molecular flexibility index (Phi) is 6.86. The fourth-order valence-corrected chi connectivity index (χ4v) is 3.53. The molecular weight excluding hydrogens is 312 g/mol. The molecule has 2 N–H and O–H groups in total. The van der Waals surface area contributed by atoms with Crippen LogP contribution in [-0.2, 0) is 13.0 Å². The molecule has 1 unspecified atom stereocenters. The summed E-state index contributed by atoms with van der Waals surface area (Å²) in [6, 6.07) is 4.28. The SMILES string of the molecule is CCNC(=NCc1csc(CC)n1)NCC(C)c1cccs1. The number of hydrogen-bond donors (Lipinski definition) is 2. The van der Waals surface area contributed by atoms with Gasteiger partial charge in [-0.25, -0.2) is 9.98 Å². The predicted molar refractivity (Wildman–Crippen MR) is 97.0 cm³/mol. The molecule has 0 aromatic carbocycles. The van der Waals surface area contributed by atoms with Crippen molar-refractivity contribution in [2.45, 2.75) is 39.7 Å². The number of guanidine groups is 1. The van der Waals surface area contributed by atoms with Crippen LogP contribution in [0.5, 0.6) is 0 Å². The fraction of sp³-hybridized carbons (Fsp3) is 0.500. The largest absolute Gasteiger partial charge is 0.357 e. The van der Waals surface area contributed by atoms with Gasteiger partial charge in [-0.2, -0.15) is 0 Å². The van der Waals surface area contributed by atoms with Crippen LogP contribution >= 0.6 is 22.7 Å². The molecule has 0 aliphatic carbocycles. The van der Waals surface area contributed by atoms with Crippen LogP contribution in [0.2, 0.25) is 0 Å². The normalized spacial score (nSPS) is 13.1. The minimum atomic E-state index is 0.481. The number of aromatic nitrogens is 1. The Labute approximate surface area is 140 Å². The molecule has 4 nitrogen and oxygen atoms in total.